The van der Waals surface area contributed by atoms with Gasteiger partial charge < -0.3 is 20.4 Å². The van der Waals surface area contributed by atoms with Crippen molar-refractivity contribution >= 4 is 34.9 Å². The van der Waals surface area contributed by atoms with Crippen molar-refractivity contribution in [2.24, 2.45) is 17.8 Å². The normalized spacial score (nSPS) is 15.4. The minimum Gasteiger partial charge on any atom is -0.383 e. The van der Waals surface area contributed by atoms with Crippen LogP contribution in [0.1, 0.15) is 39.7 Å². The van der Waals surface area contributed by atoms with Gasteiger partial charge in [-0.2, -0.15) is 0 Å². The molecule has 0 radical (unpaired) electrons. The van der Waals surface area contributed by atoms with Crippen LogP contribution in [0.15, 0.2) is 33.9 Å². The molecule has 0 saturated carbocycles. The topological polar surface area (TPSA) is 142 Å². The molecule has 38 heavy (non-hydrogen) atoms. The first-order chi connectivity index (χ1) is 17.8. The van der Waals surface area contributed by atoms with Gasteiger partial charge in [0.25, 0.3) is 5.56 Å². The molecule has 2 heterocycles. The second-order valence-electron chi connectivity index (χ2n) is 10.8. The zero-order valence-electron chi connectivity index (χ0n) is 23.0. The van der Waals surface area contributed by atoms with Gasteiger partial charge in [-0.1, -0.05) is 45.4 Å². The van der Waals surface area contributed by atoms with Crippen LogP contribution >= 0.6 is 0 Å². The van der Waals surface area contributed by atoms with Gasteiger partial charge in [0.05, 0.1) is 12.5 Å². The Labute approximate surface area is 222 Å². The summed E-state index contributed by atoms with van der Waals surface area (Å²) in [7, 11) is 1.50. The van der Waals surface area contributed by atoms with Gasteiger partial charge in [0.1, 0.15) is 5.82 Å². The Morgan fingerprint density at radius 3 is 2.29 bits per heavy atom. The molecule has 206 valence electrons. The molecule has 3 rings (SSSR count). The number of nitrogen functional groups attached to an aromatic ring is 1. The van der Waals surface area contributed by atoms with Crippen molar-refractivity contribution in [1.29, 1.82) is 0 Å². The number of nitrogens with two attached hydrogens (primary N) is 1. The molecule has 0 bridgehead atoms. The molecule has 3 N–H and O–H groups in total. The molecule has 1 aromatic carbocycles. The smallest absolute Gasteiger partial charge is 0.330 e. The van der Waals surface area contributed by atoms with Crippen LogP contribution in [0, 0.1) is 24.7 Å². The van der Waals surface area contributed by atoms with Crippen LogP contribution in [0.5, 0.6) is 0 Å². The van der Waals surface area contributed by atoms with Crippen molar-refractivity contribution in [3.63, 3.8) is 0 Å². The number of amides is 3. The van der Waals surface area contributed by atoms with E-state index in [4.69, 9.17) is 5.73 Å². The highest BCUT2D eigenvalue weighted by molar-refractivity contribution is 6.02. The zero-order chi connectivity index (χ0) is 28.3. The molecule has 11 nitrogen and oxygen atoms in total. The molecule has 1 unspecified atom stereocenters. The van der Waals surface area contributed by atoms with Crippen LogP contribution in [0.2, 0.25) is 0 Å². The number of anilines is 3. The quantitative estimate of drug-likeness (QED) is 0.508. The fraction of sp³-hybridized carbons (Fsp3) is 0.519. The maximum absolute atomic E-state index is 13.5. The summed E-state index contributed by atoms with van der Waals surface area (Å²) < 4.78 is 1.25. The highest BCUT2D eigenvalue weighted by atomic mass is 16.2. The third kappa shape index (κ3) is 6.32. The Kier molecular flexibility index (Phi) is 8.80. The largest absolute Gasteiger partial charge is 0.383 e. The molecule has 1 aromatic heterocycles. The van der Waals surface area contributed by atoms with Crippen LogP contribution in [0.3, 0.4) is 0 Å². The molecule has 1 fully saturated rings. The molecule has 0 spiro atoms. The number of carbonyl (C=O) groups is 3. The minimum absolute atomic E-state index is 0.0280. The predicted molar refractivity (Wildman–Crippen MR) is 147 cm³/mol. The number of benzene rings is 1. The predicted octanol–water partition coefficient (Wildman–Crippen LogP) is 1.58. The van der Waals surface area contributed by atoms with E-state index in [1.807, 2.05) is 58.9 Å². The minimum atomic E-state index is -0.759. The number of aromatic amines is 1. The number of aromatic nitrogens is 2. The van der Waals surface area contributed by atoms with Gasteiger partial charge in [-0.3, -0.25) is 28.7 Å². The molecule has 2 aromatic rings. The Morgan fingerprint density at radius 2 is 1.71 bits per heavy atom. The van der Waals surface area contributed by atoms with Crippen LogP contribution in [0.25, 0.3) is 0 Å². The van der Waals surface area contributed by atoms with Crippen molar-refractivity contribution in [3.05, 3.63) is 50.7 Å². The lowest BCUT2D eigenvalue weighted by Gasteiger charge is -2.29. The van der Waals surface area contributed by atoms with E-state index in [9.17, 15) is 24.0 Å². The lowest BCUT2D eigenvalue weighted by Crippen LogP contribution is -2.48. The number of H-pyrrole nitrogens is 1. The summed E-state index contributed by atoms with van der Waals surface area (Å²) in [5, 5.41) is 0. The summed E-state index contributed by atoms with van der Waals surface area (Å²) in [5.74, 6) is -1.65. The fourth-order valence-corrected chi connectivity index (χ4v) is 4.59. The van der Waals surface area contributed by atoms with Gasteiger partial charge in [-0.05, 0) is 30.9 Å². The highest BCUT2D eigenvalue weighted by Gasteiger charge is 2.37. The van der Waals surface area contributed by atoms with E-state index in [0.29, 0.717) is 0 Å². The molecule has 0 aliphatic carbocycles. The van der Waals surface area contributed by atoms with E-state index in [1.165, 1.54) is 21.4 Å². The van der Waals surface area contributed by atoms with Crippen molar-refractivity contribution in [3.8, 4) is 0 Å². The number of hydrogen-bond donors (Lipinski definition) is 2. The maximum Gasteiger partial charge on any atom is 0.330 e. The van der Waals surface area contributed by atoms with Gasteiger partial charge in [-0.25, -0.2) is 4.79 Å². The van der Waals surface area contributed by atoms with Crippen LogP contribution in [-0.2, 0) is 20.9 Å². The Bertz CT molecular complexity index is 1310. The fourth-order valence-electron chi connectivity index (χ4n) is 4.59. The second-order valence-corrected chi connectivity index (χ2v) is 10.8. The average molecular weight is 527 g/mol. The van der Waals surface area contributed by atoms with Gasteiger partial charge >= 0.3 is 5.69 Å². The first-order valence-corrected chi connectivity index (χ1v) is 12.8. The average Bonchev–Trinajstić information content (AvgIpc) is 3.22. The number of nitrogens with one attached hydrogen (secondary N) is 1. The summed E-state index contributed by atoms with van der Waals surface area (Å²) in [4.78, 5) is 70.9. The Balaban J connectivity index is 1.81. The standard InChI is InChI=1S/C27H38N6O5/c1-16(2)12-32(23-24(28)33(13-17(3)4)27(38)29-25(23)36)22(35)15-30(6)26(37)19-11-21(34)31(14-19)20-9-7-18(5)8-10-20/h7-10,16-17,19H,11-15,28H2,1-6H3,(H,29,36,38). The number of likely N-dealkylation sites (N-methyl/N-ethyl adjacent to an activating group) is 1. The summed E-state index contributed by atoms with van der Waals surface area (Å²) in [6.45, 7) is 9.87. The van der Waals surface area contributed by atoms with E-state index in [0.717, 1.165) is 11.3 Å². The second kappa shape index (κ2) is 11.7. The van der Waals surface area contributed by atoms with Crippen molar-refractivity contribution in [2.75, 3.05) is 42.2 Å². The molecular formula is C27H38N6O5. The zero-order valence-corrected chi connectivity index (χ0v) is 23.0. The lowest BCUT2D eigenvalue weighted by molar-refractivity contribution is -0.137. The van der Waals surface area contributed by atoms with Gasteiger partial charge in [0, 0.05) is 38.8 Å². The van der Waals surface area contributed by atoms with E-state index in [-0.39, 0.29) is 67.8 Å². The van der Waals surface area contributed by atoms with Crippen LogP contribution < -0.4 is 26.8 Å². The lowest BCUT2D eigenvalue weighted by atomic mass is 10.1. The number of rotatable bonds is 9. The SMILES string of the molecule is Cc1ccc(N2CC(C(=O)N(C)CC(=O)N(CC(C)C)c3c(N)n(CC(C)C)c(=O)[nH]c3=O)CC2=O)cc1. The van der Waals surface area contributed by atoms with Crippen molar-refractivity contribution in [1.82, 2.24) is 14.5 Å². The monoisotopic (exact) mass is 526 g/mol. The van der Waals surface area contributed by atoms with E-state index >= 15 is 0 Å². The third-order valence-corrected chi connectivity index (χ3v) is 6.45. The Morgan fingerprint density at radius 1 is 1.08 bits per heavy atom. The molecule has 11 heteroatoms. The van der Waals surface area contributed by atoms with Crippen molar-refractivity contribution < 1.29 is 14.4 Å². The number of nitrogens with zero attached hydrogens (tertiary/aromatic N) is 4. The number of aryl methyl sites for hydroxylation is 1. The van der Waals surface area contributed by atoms with Gasteiger partial charge in [0.2, 0.25) is 17.7 Å². The molecular weight excluding hydrogens is 488 g/mol. The molecule has 1 atom stereocenters. The Hall–Kier alpha value is -3.89. The first-order valence-electron chi connectivity index (χ1n) is 12.8. The molecule has 1 saturated heterocycles. The van der Waals surface area contributed by atoms with Gasteiger partial charge in [0.15, 0.2) is 5.69 Å². The summed E-state index contributed by atoms with van der Waals surface area (Å²) >= 11 is 0. The van der Waals surface area contributed by atoms with E-state index in [2.05, 4.69) is 4.98 Å². The number of carbonyl (C=O) groups excluding carboxylic acids is 3. The summed E-state index contributed by atoms with van der Waals surface area (Å²) in [6, 6.07) is 7.50. The van der Waals surface area contributed by atoms with E-state index < -0.39 is 23.1 Å². The van der Waals surface area contributed by atoms with Crippen LogP contribution in [-0.4, -0.2) is 58.9 Å². The van der Waals surface area contributed by atoms with Gasteiger partial charge in [-0.15, -0.1) is 0 Å². The first kappa shape index (κ1) is 28.7. The third-order valence-electron chi connectivity index (χ3n) is 6.45. The molecule has 1 aliphatic rings. The molecule has 3 amide bonds. The van der Waals surface area contributed by atoms with Crippen molar-refractivity contribution in [2.45, 2.75) is 47.6 Å². The highest BCUT2D eigenvalue weighted by Crippen LogP contribution is 2.27. The maximum atomic E-state index is 13.5. The number of hydrogen-bond acceptors (Lipinski definition) is 6. The van der Waals surface area contributed by atoms with E-state index in [1.54, 1.807) is 4.90 Å². The molecule has 1 aliphatic heterocycles. The summed E-state index contributed by atoms with van der Waals surface area (Å²) in [5.41, 5.74) is 6.55. The van der Waals surface area contributed by atoms with Crippen LogP contribution in [0.4, 0.5) is 17.2 Å². The summed E-state index contributed by atoms with van der Waals surface area (Å²) in [6.07, 6.45) is 0.0493.